The van der Waals surface area contributed by atoms with E-state index in [4.69, 9.17) is 5.11 Å². The summed E-state index contributed by atoms with van der Waals surface area (Å²) in [4.78, 5) is 0.192. The third kappa shape index (κ3) is 4.06. The first kappa shape index (κ1) is 16.0. The molecule has 0 aliphatic heterocycles. The molecule has 2 N–H and O–H groups in total. The standard InChI is InChI=1S/C15H16BrNO3S/c1-11-2-7-14(16)15(10-11)17-21(19,20)13-5-3-12(4-6-13)8-9-18/h2-7,10,17-18H,8-9H2,1H3. The molecule has 0 aliphatic rings. The van der Waals surface area contributed by atoms with E-state index in [0.29, 0.717) is 16.6 Å². The van der Waals surface area contributed by atoms with E-state index in [1.807, 2.05) is 13.0 Å². The van der Waals surface area contributed by atoms with E-state index in [1.54, 1.807) is 24.3 Å². The van der Waals surface area contributed by atoms with E-state index >= 15 is 0 Å². The fourth-order valence-corrected chi connectivity index (χ4v) is 3.43. The van der Waals surface area contributed by atoms with Crippen molar-refractivity contribution >= 4 is 31.6 Å². The van der Waals surface area contributed by atoms with Crippen molar-refractivity contribution in [1.82, 2.24) is 0 Å². The van der Waals surface area contributed by atoms with Crippen molar-refractivity contribution in [3.63, 3.8) is 0 Å². The molecule has 2 aromatic carbocycles. The van der Waals surface area contributed by atoms with Gasteiger partial charge in [0.2, 0.25) is 0 Å². The van der Waals surface area contributed by atoms with Crippen molar-refractivity contribution in [2.24, 2.45) is 0 Å². The van der Waals surface area contributed by atoms with Crippen LogP contribution in [0.2, 0.25) is 0 Å². The number of nitrogens with one attached hydrogen (secondary N) is 1. The van der Waals surface area contributed by atoms with Gasteiger partial charge in [0.15, 0.2) is 0 Å². The van der Waals surface area contributed by atoms with Crippen LogP contribution in [0.4, 0.5) is 5.69 Å². The second-order valence-electron chi connectivity index (χ2n) is 4.71. The molecule has 0 amide bonds. The lowest BCUT2D eigenvalue weighted by atomic mass is 10.2. The van der Waals surface area contributed by atoms with E-state index in [9.17, 15) is 8.42 Å². The van der Waals surface area contributed by atoms with Gasteiger partial charge < -0.3 is 5.11 Å². The minimum Gasteiger partial charge on any atom is -0.396 e. The Hall–Kier alpha value is -1.37. The van der Waals surface area contributed by atoms with Crippen molar-refractivity contribution in [2.75, 3.05) is 11.3 Å². The van der Waals surface area contributed by atoms with Gasteiger partial charge in [-0.2, -0.15) is 0 Å². The number of halogens is 1. The lowest BCUT2D eigenvalue weighted by Gasteiger charge is -2.11. The Labute approximate surface area is 133 Å². The summed E-state index contributed by atoms with van der Waals surface area (Å²) < 4.78 is 28.0. The molecule has 0 saturated heterocycles. The molecule has 4 nitrogen and oxygen atoms in total. The predicted molar refractivity (Wildman–Crippen MR) is 86.9 cm³/mol. The van der Waals surface area contributed by atoms with Gasteiger partial charge in [-0.05, 0) is 64.7 Å². The molecule has 0 atom stereocenters. The molecule has 2 aromatic rings. The normalized spacial score (nSPS) is 11.4. The molecule has 6 heteroatoms. The lowest BCUT2D eigenvalue weighted by molar-refractivity contribution is 0.299. The Morgan fingerprint density at radius 2 is 1.81 bits per heavy atom. The SMILES string of the molecule is Cc1ccc(Br)c(NS(=O)(=O)c2ccc(CCO)cc2)c1. The highest BCUT2D eigenvalue weighted by atomic mass is 79.9. The summed E-state index contributed by atoms with van der Waals surface area (Å²) in [5.74, 6) is 0. The van der Waals surface area contributed by atoms with Crippen LogP contribution >= 0.6 is 15.9 Å². The first-order chi connectivity index (χ1) is 9.92. The van der Waals surface area contributed by atoms with Gasteiger partial charge >= 0.3 is 0 Å². The maximum Gasteiger partial charge on any atom is 0.261 e. The minimum atomic E-state index is -3.63. The third-order valence-corrected chi connectivity index (χ3v) is 5.07. The number of aryl methyl sites for hydroxylation is 1. The second kappa shape index (κ2) is 6.60. The van der Waals surface area contributed by atoms with Crippen LogP contribution in [0, 0.1) is 6.92 Å². The van der Waals surface area contributed by atoms with Crippen molar-refractivity contribution < 1.29 is 13.5 Å². The fraction of sp³-hybridized carbons (Fsp3) is 0.200. The topological polar surface area (TPSA) is 66.4 Å². The molecule has 0 fully saturated rings. The van der Waals surface area contributed by atoms with Crippen molar-refractivity contribution in [1.29, 1.82) is 0 Å². The van der Waals surface area contributed by atoms with Crippen LogP contribution in [0.5, 0.6) is 0 Å². The highest BCUT2D eigenvalue weighted by Crippen LogP contribution is 2.26. The molecular formula is C15H16BrNO3S. The second-order valence-corrected chi connectivity index (χ2v) is 7.24. The van der Waals surface area contributed by atoms with Gasteiger partial charge in [0.1, 0.15) is 0 Å². The molecule has 0 aromatic heterocycles. The molecule has 2 rings (SSSR count). The molecule has 0 aliphatic carbocycles. The van der Waals surface area contributed by atoms with E-state index in [0.717, 1.165) is 11.1 Å². The summed E-state index contributed by atoms with van der Waals surface area (Å²) in [5.41, 5.74) is 2.37. The zero-order chi connectivity index (χ0) is 15.5. The summed E-state index contributed by atoms with van der Waals surface area (Å²) >= 11 is 3.33. The Morgan fingerprint density at radius 3 is 2.43 bits per heavy atom. The summed E-state index contributed by atoms with van der Waals surface area (Å²) in [6.07, 6.45) is 0.511. The number of hydrogen-bond acceptors (Lipinski definition) is 3. The van der Waals surface area contributed by atoms with Crippen LogP contribution in [0.15, 0.2) is 51.8 Å². The minimum absolute atomic E-state index is 0.0422. The van der Waals surface area contributed by atoms with Gasteiger partial charge in [-0.1, -0.05) is 18.2 Å². The maximum absolute atomic E-state index is 12.4. The number of aliphatic hydroxyl groups excluding tert-OH is 1. The first-order valence-electron chi connectivity index (χ1n) is 6.41. The molecule has 0 unspecified atom stereocenters. The van der Waals surface area contributed by atoms with E-state index in [1.165, 1.54) is 12.1 Å². The van der Waals surface area contributed by atoms with Crippen molar-refractivity contribution in [3.05, 3.63) is 58.1 Å². The quantitative estimate of drug-likeness (QED) is 0.850. The predicted octanol–water partition coefficient (Wildman–Crippen LogP) is 3.09. The van der Waals surface area contributed by atoms with Crippen molar-refractivity contribution in [2.45, 2.75) is 18.2 Å². The average Bonchev–Trinajstić information content (AvgIpc) is 2.44. The Kier molecular flexibility index (Phi) is 5.03. The summed E-state index contributed by atoms with van der Waals surface area (Å²) in [6, 6.07) is 11.9. The Balaban J connectivity index is 2.27. The average molecular weight is 370 g/mol. The summed E-state index contributed by atoms with van der Waals surface area (Å²) in [5, 5.41) is 8.86. The molecule has 21 heavy (non-hydrogen) atoms. The molecule has 112 valence electrons. The Bertz CT molecular complexity index is 727. The van der Waals surface area contributed by atoms with Gasteiger partial charge in [-0.25, -0.2) is 8.42 Å². The monoisotopic (exact) mass is 369 g/mol. The number of aliphatic hydroxyl groups is 1. The van der Waals surface area contributed by atoms with Crippen LogP contribution in [-0.2, 0) is 16.4 Å². The number of anilines is 1. The van der Waals surface area contributed by atoms with Crippen molar-refractivity contribution in [3.8, 4) is 0 Å². The molecule has 0 spiro atoms. The lowest BCUT2D eigenvalue weighted by Crippen LogP contribution is -2.13. The number of rotatable bonds is 5. The maximum atomic E-state index is 12.4. The molecule has 0 bridgehead atoms. The van der Waals surface area contributed by atoms with Gasteiger partial charge in [0, 0.05) is 11.1 Å². The van der Waals surface area contributed by atoms with Gasteiger partial charge in [-0.3, -0.25) is 4.72 Å². The first-order valence-corrected chi connectivity index (χ1v) is 8.69. The van der Waals surface area contributed by atoms with E-state index < -0.39 is 10.0 Å². The zero-order valence-corrected chi connectivity index (χ0v) is 13.9. The number of benzene rings is 2. The van der Waals surface area contributed by atoms with Gasteiger partial charge in [-0.15, -0.1) is 0 Å². The molecule has 0 heterocycles. The smallest absolute Gasteiger partial charge is 0.261 e. The summed E-state index contributed by atoms with van der Waals surface area (Å²) in [7, 11) is -3.63. The highest BCUT2D eigenvalue weighted by Gasteiger charge is 2.15. The molecular weight excluding hydrogens is 354 g/mol. The van der Waals surface area contributed by atoms with Gasteiger partial charge in [0.25, 0.3) is 10.0 Å². The molecule has 0 saturated carbocycles. The van der Waals surface area contributed by atoms with Crippen LogP contribution in [0.25, 0.3) is 0 Å². The molecule has 0 radical (unpaired) electrons. The third-order valence-electron chi connectivity index (χ3n) is 3.00. The number of hydrogen-bond donors (Lipinski definition) is 2. The van der Waals surface area contributed by atoms with E-state index in [-0.39, 0.29) is 11.5 Å². The largest absolute Gasteiger partial charge is 0.396 e. The zero-order valence-electron chi connectivity index (χ0n) is 11.5. The van der Waals surface area contributed by atoms with Gasteiger partial charge in [0.05, 0.1) is 10.6 Å². The van der Waals surface area contributed by atoms with Crippen LogP contribution in [-0.4, -0.2) is 20.1 Å². The fourth-order valence-electron chi connectivity index (χ4n) is 1.89. The van der Waals surface area contributed by atoms with E-state index in [2.05, 4.69) is 20.7 Å². The van der Waals surface area contributed by atoms with Crippen LogP contribution < -0.4 is 4.72 Å². The van der Waals surface area contributed by atoms with Crippen LogP contribution in [0.1, 0.15) is 11.1 Å². The highest BCUT2D eigenvalue weighted by molar-refractivity contribution is 9.10. The Morgan fingerprint density at radius 1 is 1.14 bits per heavy atom. The summed E-state index contributed by atoms with van der Waals surface area (Å²) in [6.45, 7) is 1.94. The number of sulfonamides is 1. The van der Waals surface area contributed by atoms with Crippen LogP contribution in [0.3, 0.4) is 0 Å².